The summed E-state index contributed by atoms with van der Waals surface area (Å²) >= 11 is 0. The molecule has 18 heteroatoms. The number of amides is 1. The zero-order valence-electron chi connectivity index (χ0n) is 38.8. The van der Waals surface area contributed by atoms with Crippen LogP contribution in [0.15, 0.2) is 77.8 Å². The number of hydrogen-bond acceptors (Lipinski definition) is 14. The predicted molar refractivity (Wildman–Crippen MR) is 259 cm³/mol. The third-order valence-electron chi connectivity index (χ3n) is 16.2. The summed E-state index contributed by atoms with van der Waals surface area (Å²) in [5.41, 5.74) is 5.42. The highest BCUT2D eigenvalue weighted by Gasteiger charge is 2.55. The Bertz CT molecular complexity index is 2960. The van der Waals surface area contributed by atoms with Gasteiger partial charge in [-0.15, -0.1) is 0 Å². The van der Waals surface area contributed by atoms with Crippen LogP contribution in [0.25, 0.3) is 11.0 Å². The van der Waals surface area contributed by atoms with E-state index in [-0.39, 0.29) is 53.1 Å². The first kappa shape index (κ1) is 44.3. The second-order valence-corrected chi connectivity index (χ2v) is 22.5. The maximum absolute atomic E-state index is 14.7. The number of carbonyl (C=O) groups excluding carboxylic acids is 1. The van der Waals surface area contributed by atoms with Crippen LogP contribution in [-0.4, -0.2) is 109 Å². The number of sulfonamides is 1. The maximum Gasteiger partial charge on any atom is 0.297 e. The number of nitro groups is 1. The average molecular weight is 959 g/mol. The molecule has 5 fully saturated rings. The van der Waals surface area contributed by atoms with Gasteiger partial charge in [0.1, 0.15) is 24.0 Å². The molecule has 4 N–H and O–H groups in total. The monoisotopic (exact) mass is 958 g/mol. The number of aliphatic hydroxyl groups excluding tert-OH is 1. The fraction of sp³-hybridized carbons (Fsp3) is 0.490. The third-order valence-corrected chi connectivity index (χ3v) is 17.5. The summed E-state index contributed by atoms with van der Waals surface area (Å²) in [7, 11) is -4.69. The lowest BCUT2D eigenvalue weighted by Gasteiger charge is -2.62. The van der Waals surface area contributed by atoms with Gasteiger partial charge in [0.25, 0.3) is 21.6 Å². The molecule has 2 aliphatic carbocycles. The Kier molecular flexibility index (Phi) is 10.8. The Morgan fingerprint density at radius 2 is 1.80 bits per heavy atom. The minimum atomic E-state index is -4.69. The lowest BCUT2D eigenvalue weighted by molar-refractivity contribution is -0.384. The number of benzene rings is 3. The van der Waals surface area contributed by atoms with Crippen LogP contribution < -0.4 is 29.3 Å². The molecule has 17 nitrogen and oxygen atoms in total. The number of pyridine rings is 1. The van der Waals surface area contributed by atoms with Gasteiger partial charge in [-0.25, -0.2) is 13.1 Å². The topological polar surface area (TPSA) is 205 Å². The number of fused-ring (bicyclic) bond motifs is 4. The van der Waals surface area contributed by atoms with Crippen molar-refractivity contribution in [3.63, 3.8) is 0 Å². The summed E-state index contributed by atoms with van der Waals surface area (Å²) in [5.74, 6) is 0.0561. The van der Waals surface area contributed by atoms with Crippen LogP contribution in [-0.2, 0) is 14.8 Å². The number of aromatic nitrogens is 2. The number of ether oxygens (including phenoxy) is 3. The summed E-state index contributed by atoms with van der Waals surface area (Å²) in [6.45, 7) is 8.16. The summed E-state index contributed by atoms with van der Waals surface area (Å²) < 4.78 is 49.3. The molecule has 5 aliphatic heterocycles. The van der Waals surface area contributed by atoms with Crippen molar-refractivity contribution < 1.29 is 37.5 Å². The molecule has 7 aliphatic rings. The molecule has 362 valence electrons. The average Bonchev–Trinajstić information content (AvgIpc) is 4.11. The second-order valence-electron chi connectivity index (χ2n) is 20.8. The van der Waals surface area contributed by atoms with Gasteiger partial charge < -0.3 is 39.4 Å². The van der Waals surface area contributed by atoms with Crippen LogP contribution >= 0.6 is 0 Å². The molecule has 3 aromatic carbocycles. The van der Waals surface area contributed by atoms with Crippen molar-refractivity contribution in [1.82, 2.24) is 19.6 Å². The number of nitro benzene ring substituents is 1. The van der Waals surface area contributed by atoms with Gasteiger partial charge in [-0.2, -0.15) is 4.98 Å². The Hall–Kier alpha value is -5.95. The molecule has 69 heavy (non-hydrogen) atoms. The zero-order chi connectivity index (χ0) is 47.3. The summed E-state index contributed by atoms with van der Waals surface area (Å²) in [6, 6.07) is 20.8. The highest BCUT2D eigenvalue weighted by atomic mass is 32.2. The molecule has 1 spiro atoms. The van der Waals surface area contributed by atoms with Crippen molar-refractivity contribution in [2.75, 3.05) is 54.6 Å². The van der Waals surface area contributed by atoms with Gasteiger partial charge in [-0.05, 0) is 111 Å². The smallest absolute Gasteiger partial charge is 0.297 e. The molecule has 1 amide bonds. The molecule has 7 heterocycles. The summed E-state index contributed by atoms with van der Waals surface area (Å²) in [6.07, 6.45) is 8.38. The number of aromatic amines is 1. The number of hydrogen-bond donors (Lipinski definition) is 4. The highest BCUT2D eigenvalue weighted by molar-refractivity contribution is 7.90. The minimum Gasteiger partial charge on any atom is -0.489 e. The van der Waals surface area contributed by atoms with Crippen LogP contribution in [0, 0.1) is 21.4 Å². The van der Waals surface area contributed by atoms with E-state index in [4.69, 9.17) is 19.2 Å². The van der Waals surface area contributed by atoms with Crippen molar-refractivity contribution in [3.8, 4) is 11.6 Å². The van der Waals surface area contributed by atoms with Crippen molar-refractivity contribution in [2.24, 2.45) is 11.3 Å². The van der Waals surface area contributed by atoms with E-state index in [1.54, 1.807) is 12.3 Å². The standard InChI is InChI=1S/C51H58N8O9S/c1-29(2)36-6-3-4-7-37(36)40-8-5-17-57(40)33-22-51(23-33)27-56(28-51)32-11-14-38(41(19-32)58-43-18-31-15-16-52-48(31)54-50(43)68-46-26-66-25-44(46)58)49(61)55-69(64,65)35-20-42(59(62)63)47-45(21-35)67-24-39(53-47)30-9-12-34(60)13-10-30/h3-4,6-7,11,14-16,18-21,29-30,33-34,39-40,44,46,53,60H,5,8-10,12-13,17,22-28H2,1-2H3,(H,52,54)(H,55,61)/t30?,34?,39-,40-,44+,46+/m0/s1. The molecule has 2 saturated carbocycles. The Morgan fingerprint density at radius 1 is 0.986 bits per heavy atom. The number of carbonyl (C=O) groups is 1. The largest absolute Gasteiger partial charge is 0.489 e. The maximum atomic E-state index is 14.7. The lowest BCUT2D eigenvalue weighted by Crippen LogP contribution is -2.66. The van der Waals surface area contributed by atoms with E-state index in [0.717, 1.165) is 62.5 Å². The van der Waals surface area contributed by atoms with Crippen molar-refractivity contribution >= 4 is 55.4 Å². The van der Waals surface area contributed by atoms with Gasteiger partial charge in [0, 0.05) is 60.0 Å². The van der Waals surface area contributed by atoms with Crippen molar-refractivity contribution in [3.05, 3.63) is 99.7 Å². The number of rotatable bonds is 10. The summed E-state index contributed by atoms with van der Waals surface area (Å²) in [5, 5.41) is 26.6. The Balaban J connectivity index is 0.837. The van der Waals surface area contributed by atoms with Crippen LogP contribution in [0.1, 0.15) is 98.7 Å². The number of anilines is 4. The minimum absolute atomic E-state index is 0.0109. The molecule has 0 bridgehead atoms. The van der Waals surface area contributed by atoms with E-state index >= 15 is 0 Å². The highest BCUT2D eigenvalue weighted by Crippen LogP contribution is 2.55. The van der Waals surface area contributed by atoms with E-state index < -0.39 is 37.5 Å². The number of aliphatic hydroxyl groups is 1. The molecule has 12 rings (SSSR count). The van der Waals surface area contributed by atoms with Crippen molar-refractivity contribution in [2.45, 2.75) is 112 Å². The molecule has 4 atom stereocenters. The number of nitrogens with zero attached hydrogens (tertiary/aromatic N) is 5. The number of nitrogens with one attached hydrogen (secondary N) is 3. The van der Waals surface area contributed by atoms with E-state index in [2.05, 4.69) is 62.9 Å². The quantitative estimate of drug-likeness (QED) is 0.0789. The first-order chi connectivity index (χ1) is 33.3. The fourth-order valence-electron chi connectivity index (χ4n) is 12.6. The van der Waals surface area contributed by atoms with E-state index in [0.29, 0.717) is 67.0 Å². The van der Waals surface area contributed by atoms with Gasteiger partial charge in [-0.3, -0.25) is 19.8 Å². The van der Waals surface area contributed by atoms with Gasteiger partial charge >= 0.3 is 0 Å². The number of H-pyrrole nitrogens is 1. The van der Waals surface area contributed by atoms with E-state index in [1.807, 2.05) is 29.2 Å². The van der Waals surface area contributed by atoms with Crippen molar-refractivity contribution in [1.29, 1.82) is 0 Å². The molecule has 5 aromatic rings. The Labute approximate surface area is 400 Å². The van der Waals surface area contributed by atoms with Gasteiger partial charge in [0.2, 0.25) is 5.88 Å². The van der Waals surface area contributed by atoms with Crippen LogP contribution in [0.4, 0.5) is 28.4 Å². The zero-order valence-corrected chi connectivity index (χ0v) is 39.6. The van der Waals surface area contributed by atoms with E-state index in [1.165, 1.54) is 30.0 Å². The predicted octanol–water partition coefficient (Wildman–Crippen LogP) is 7.54. The fourth-order valence-corrected chi connectivity index (χ4v) is 13.6. The molecular formula is C51H58N8O9S. The first-order valence-electron chi connectivity index (χ1n) is 24.5. The van der Waals surface area contributed by atoms with Crippen LogP contribution in [0.2, 0.25) is 0 Å². The lowest BCUT2D eigenvalue weighted by atomic mass is 9.60. The summed E-state index contributed by atoms with van der Waals surface area (Å²) in [4.78, 5) is 41.1. The molecule has 0 unspecified atom stereocenters. The number of likely N-dealkylation sites (tertiary alicyclic amines) is 1. The van der Waals surface area contributed by atoms with Crippen LogP contribution in [0.3, 0.4) is 0 Å². The second kappa shape index (κ2) is 16.9. The van der Waals surface area contributed by atoms with Gasteiger partial charge in [0.15, 0.2) is 11.4 Å². The molecular weight excluding hydrogens is 901 g/mol. The molecule has 2 aromatic heterocycles. The SMILES string of the molecule is CC(C)c1ccccc1[C@@H]1CCCN1C1CC2(C1)CN(c1ccc(C(=O)NS(=O)(=O)c3cc4c(c([N+](=O)[O-])c3)N[C@H](C3CCC(O)CC3)CO4)c(N3c4cc5cc[nH]c5nc4O[C@@H]4COC[C@H]43)c1)C2. The molecule has 0 radical (unpaired) electrons. The third kappa shape index (κ3) is 7.74. The van der Waals surface area contributed by atoms with Gasteiger partial charge in [-0.1, -0.05) is 38.1 Å². The van der Waals surface area contributed by atoms with Gasteiger partial charge in [0.05, 0.1) is 52.5 Å². The van der Waals surface area contributed by atoms with E-state index in [9.17, 15) is 28.4 Å². The molecule has 3 saturated heterocycles. The van der Waals surface area contributed by atoms with Crippen LogP contribution in [0.5, 0.6) is 11.6 Å². The normalized spacial score (nSPS) is 26.3. The Morgan fingerprint density at radius 3 is 2.59 bits per heavy atom. The first-order valence-corrected chi connectivity index (χ1v) is 26.0.